The molecule has 0 saturated carbocycles. The van der Waals surface area contributed by atoms with Crippen LogP contribution in [0.25, 0.3) is 11.3 Å². The van der Waals surface area contributed by atoms with Crippen molar-refractivity contribution >= 4 is 23.4 Å². The van der Waals surface area contributed by atoms with E-state index in [2.05, 4.69) is 17.2 Å². The fraction of sp³-hybridized carbons (Fsp3) is 0.238. The Kier molecular flexibility index (Phi) is 4.74. The maximum Gasteiger partial charge on any atom is 0.279 e. The highest BCUT2D eigenvalue weighted by atomic mass is 32.2. The molecule has 0 unspecified atom stereocenters. The van der Waals surface area contributed by atoms with Gasteiger partial charge in [0.05, 0.1) is 5.69 Å². The van der Waals surface area contributed by atoms with Crippen molar-refractivity contribution in [3.8, 4) is 11.3 Å². The summed E-state index contributed by atoms with van der Waals surface area (Å²) in [5.41, 5.74) is 4.25. The molecule has 27 heavy (non-hydrogen) atoms. The number of amides is 1. The molecule has 3 aromatic rings. The fourth-order valence-corrected chi connectivity index (χ4v) is 4.54. The van der Waals surface area contributed by atoms with E-state index in [9.17, 15) is 9.18 Å². The number of halogens is 1. The van der Waals surface area contributed by atoms with Crippen LogP contribution in [0.15, 0.2) is 53.4 Å². The molecule has 2 heterocycles. The molecule has 0 spiro atoms. The van der Waals surface area contributed by atoms with E-state index in [-0.39, 0.29) is 11.7 Å². The lowest BCUT2D eigenvalue weighted by Crippen LogP contribution is -2.32. The van der Waals surface area contributed by atoms with E-state index < -0.39 is 0 Å². The summed E-state index contributed by atoms with van der Waals surface area (Å²) in [5, 5.41) is 4.58. The molecule has 0 fully saturated rings. The second kappa shape index (κ2) is 7.19. The normalized spacial score (nSPS) is 12.4. The van der Waals surface area contributed by atoms with Crippen molar-refractivity contribution in [1.29, 1.82) is 0 Å². The number of aryl methyl sites for hydroxylation is 1. The van der Waals surface area contributed by atoms with Crippen LogP contribution in [0.4, 0.5) is 10.1 Å². The van der Waals surface area contributed by atoms with Crippen molar-refractivity contribution in [3.05, 3.63) is 65.6 Å². The minimum absolute atomic E-state index is 0.139. The van der Waals surface area contributed by atoms with E-state index in [1.165, 1.54) is 17.0 Å². The molecule has 0 aliphatic carbocycles. The summed E-state index contributed by atoms with van der Waals surface area (Å²) in [6.45, 7) is 2.57. The highest BCUT2D eigenvalue weighted by molar-refractivity contribution is 7.98. The molecule has 0 bridgehead atoms. The molecule has 0 radical (unpaired) electrons. The summed E-state index contributed by atoms with van der Waals surface area (Å²) in [5.74, 6) is 0.260. The van der Waals surface area contributed by atoms with Gasteiger partial charge in [-0.15, -0.1) is 11.8 Å². The number of rotatable bonds is 4. The minimum atomic E-state index is -0.314. The SMILES string of the molecule is CCCN(C(=O)c1nn(C)c2c1CSc1ccccc1-2)c1ccc(F)cc1. The molecule has 1 aromatic heterocycles. The van der Waals surface area contributed by atoms with Gasteiger partial charge >= 0.3 is 0 Å². The van der Waals surface area contributed by atoms with E-state index in [0.717, 1.165) is 23.2 Å². The van der Waals surface area contributed by atoms with Crippen LogP contribution in [0.1, 0.15) is 29.4 Å². The molecule has 6 heteroatoms. The topological polar surface area (TPSA) is 38.1 Å². The molecule has 4 nitrogen and oxygen atoms in total. The molecule has 2 aromatic carbocycles. The summed E-state index contributed by atoms with van der Waals surface area (Å²) < 4.78 is 15.1. The second-order valence-electron chi connectivity index (χ2n) is 6.52. The van der Waals surface area contributed by atoms with Crippen LogP contribution < -0.4 is 4.90 Å². The molecule has 1 aliphatic rings. The molecule has 4 rings (SSSR count). The Morgan fingerprint density at radius 2 is 1.96 bits per heavy atom. The number of benzene rings is 2. The third kappa shape index (κ3) is 3.14. The van der Waals surface area contributed by atoms with Gasteiger partial charge in [-0.05, 0) is 36.8 Å². The number of carbonyl (C=O) groups is 1. The first-order valence-electron chi connectivity index (χ1n) is 8.95. The number of aromatic nitrogens is 2. The Labute approximate surface area is 162 Å². The van der Waals surface area contributed by atoms with Crippen LogP contribution >= 0.6 is 11.8 Å². The zero-order valence-corrected chi connectivity index (χ0v) is 16.1. The summed E-state index contributed by atoms with van der Waals surface area (Å²) in [6, 6.07) is 14.2. The lowest BCUT2D eigenvalue weighted by Gasteiger charge is -2.22. The van der Waals surface area contributed by atoms with Gasteiger partial charge in [0.2, 0.25) is 0 Å². The first-order valence-corrected chi connectivity index (χ1v) is 9.94. The Balaban J connectivity index is 1.77. The first kappa shape index (κ1) is 17.8. The van der Waals surface area contributed by atoms with Gasteiger partial charge in [0.15, 0.2) is 5.69 Å². The number of fused-ring (bicyclic) bond motifs is 3. The summed E-state index contributed by atoms with van der Waals surface area (Å²) >= 11 is 1.73. The third-order valence-electron chi connectivity index (χ3n) is 4.69. The van der Waals surface area contributed by atoms with Crippen LogP contribution in [0.2, 0.25) is 0 Å². The molecule has 1 amide bonds. The van der Waals surface area contributed by atoms with Gasteiger partial charge < -0.3 is 4.90 Å². The van der Waals surface area contributed by atoms with Gasteiger partial charge in [-0.2, -0.15) is 5.10 Å². The van der Waals surface area contributed by atoms with Crippen molar-refractivity contribution in [2.24, 2.45) is 7.05 Å². The standard InChI is InChI=1S/C21H20FN3OS/c1-3-12-25(15-10-8-14(22)9-11-15)21(26)19-17-13-27-18-7-5-4-6-16(18)20(17)24(2)23-19/h4-11H,3,12-13H2,1-2H3. The Bertz CT molecular complexity index is 997. The van der Waals surface area contributed by atoms with Crippen LogP contribution in [-0.2, 0) is 12.8 Å². The molecule has 1 aliphatic heterocycles. The van der Waals surface area contributed by atoms with Crippen molar-refractivity contribution in [3.63, 3.8) is 0 Å². The van der Waals surface area contributed by atoms with Crippen molar-refractivity contribution < 1.29 is 9.18 Å². The summed E-state index contributed by atoms with van der Waals surface area (Å²) in [7, 11) is 1.88. The van der Waals surface area contributed by atoms with E-state index in [1.54, 1.807) is 33.5 Å². The van der Waals surface area contributed by atoms with Gasteiger partial charge in [0, 0.05) is 41.1 Å². The average molecular weight is 381 g/mol. The largest absolute Gasteiger partial charge is 0.307 e. The third-order valence-corrected chi connectivity index (χ3v) is 5.79. The Morgan fingerprint density at radius 3 is 2.70 bits per heavy atom. The smallest absolute Gasteiger partial charge is 0.279 e. The summed E-state index contributed by atoms with van der Waals surface area (Å²) in [6.07, 6.45) is 0.801. The number of anilines is 1. The zero-order chi connectivity index (χ0) is 19.0. The van der Waals surface area contributed by atoms with E-state index in [0.29, 0.717) is 23.7 Å². The fourth-order valence-electron chi connectivity index (χ4n) is 3.47. The van der Waals surface area contributed by atoms with Crippen molar-refractivity contribution in [2.75, 3.05) is 11.4 Å². The zero-order valence-electron chi connectivity index (χ0n) is 15.3. The second-order valence-corrected chi connectivity index (χ2v) is 7.53. The van der Waals surface area contributed by atoms with Crippen LogP contribution in [0.3, 0.4) is 0 Å². The predicted molar refractivity (Wildman–Crippen MR) is 107 cm³/mol. The van der Waals surface area contributed by atoms with Crippen LogP contribution in [0.5, 0.6) is 0 Å². The van der Waals surface area contributed by atoms with Crippen molar-refractivity contribution in [1.82, 2.24) is 9.78 Å². The monoisotopic (exact) mass is 381 g/mol. The lowest BCUT2D eigenvalue weighted by molar-refractivity contribution is 0.0980. The lowest BCUT2D eigenvalue weighted by atomic mass is 10.1. The van der Waals surface area contributed by atoms with Crippen LogP contribution in [-0.4, -0.2) is 22.2 Å². The van der Waals surface area contributed by atoms with E-state index in [4.69, 9.17) is 0 Å². The summed E-state index contributed by atoms with van der Waals surface area (Å²) in [4.78, 5) is 16.3. The number of carbonyl (C=O) groups excluding carboxylic acids is 1. The highest BCUT2D eigenvalue weighted by Gasteiger charge is 2.30. The number of nitrogens with zero attached hydrogens (tertiary/aromatic N) is 3. The number of thioether (sulfide) groups is 1. The Hall–Kier alpha value is -2.60. The van der Waals surface area contributed by atoms with Gasteiger partial charge in [-0.25, -0.2) is 4.39 Å². The van der Waals surface area contributed by atoms with Gasteiger partial charge in [0.25, 0.3) is 5.91 Å². The molecule has 0 saturated heterocycles. The van der Waals surface area contributed by atoms with Gasteiger partial charge in [-0.1, -0.05) is 25.1 Å². The maximum atomic E-state index is 13.4. The Morgan fingerprint density at radius 1 is 1.22 bits per heavy atom. The van der Waals surface area contributed by atoms with E-state index >= 15 is 0 Å². The molecular formula is C21H20FN3OS. The predicted octanol–water partition coefficient (Wildman–Crippen LogP) is 4.89. The molecule has 0 atom stereocenters. The minimum Gasteiger partial charge on any atom is -0.307 e. The molecule has 0 N–H and O–H groups in total. The van der Waals surface area contributed by atoms with Gasteiger partial charge in [0.1, 0.15) is 5.82 Å². The van der Waals surface area contributed by atoms with E-state index in [1.807, 2.05) is 26.1 Å². The first-order chi connectivity index (χ1) is 13.1. The average Bonchev–Trinajstić information content (AvgIpc) is 3.03. The maximum absolute atomic E-state index is 13.4. The molecular weight excluding hydrogens is 361 g/mol. The van der Waals surface area contributed by atoms with Crippen molar-refractivity contribution in [2.45, 2.75) is 24.0 Å². The van der Waals surface area contributed by atoms with Gasteiger partial charge in [-0.3, -0.25) is 9.48 Å². The quantitative estimate of drug-likeness (QED) is 0.646. The molecule has 138 valence electrons. The number of hydrogen-bond donors (Lipinski definition) is 0. The van der Waals surface area contributed by atoms with Crippen LogP contribution in [0, 0.1) is 5.82 Å². The highest BCUT2D eigenvalue weighted by Crippen LogP contribution is 2.42. The number of hydrogen-bond acceptors (Lipinski definition) is 3.